The minimum atomic E-state index is -0.0274. The molecule has 0 saturated heterocycles. The van der Waals surface area contributed by atoms with Gasteiger partial charge < -0.3 is 5.73 Å². The molecule has 4 nitrogen and oxygen atoms in total. The van der Waals surface area contributed by atoms with Gasteiger partial charge in [0.25, 0.3) is 5.56 Å². The predicted molar refractivity (Wildman–Crippen MR) is 66.7 cm³/mol. The van der Waals surface area contributed by atoms with E-state index in [2.05, 4.69) is 4.98 Å². The van der Waals surface area contributed by atoms with Gasteiger partial charge in [0, 0.05) is 18.3 Å². The Morgan fingerprint density at radius 1 is 1.24 bits per heavy atom. The van der Waals surface area contributed by atoms with Gasteiger partial charge in [0.15, 0.2) is 0 Å². The molecule has 4 heteroatoms. The quantitative estimate of drug-likeness (QED) is 0.856. The van der Waals surface area contributed by atoms with Crippen LogP contribution in [0.15, 0.2) is 41.5 Å². The summed E-state index contributed by atoms with van der Waals surface area (Å²) in [6.45, 7) is 2.88. The van der Waals surface area contributed by atoms with Crippen LogP contribution in [0, 0.1) is 6.92 Å². The first kappa shape index (κ1) is 11.5. The Labute approximate surface area is 99.7 Å². The minimum Gasteiger partial charge on any atom is -0.326 e. The van der Waals surface area contributed by atoms with Gasteiger partial charge in [0.05, 0.1) is 12.9 Å². The Balaban J connectivity index is 2.22. The van der Waals surface area contributed by atoms with Gasteiger partial charge in [-0.1, -0.05) is 24.3 Å². The van der Waals surface area contributed by atoms with Gasteiger partial charge in [-0.25, -0.2) is 4.98 Å². The number of rotatable bonds is 3. The Morgan fingerprint density at radius 2 is 1.88 bits per heavy atom. The summed E-state index contributed by atoms with van der Waals surface area (Å²) in [5.41, 5.74) is 8.39. The van der Waals surface area contributed by atoms with Crippen molar-refractivity contribution in [3.8, 4) is 0 Å². The second-order valence-corrected chi connectivity index (χ2v) is 4.02. The maximum atomic E-state index is 11.7. The standard InChI is InChI=1S/C13H15N3O/c1-10-6-13(17)16(9-15-10)8-12-4-2-11(7-14)3-5-12/h2-6,9H,7-8,14H2,1H3. The highest BCUT2D eigenvalue weighted by Crippen LogP contribution is 2.04. The topological polar surface area (TPSA) is 60.9 Å². The van der Waals surface area contributed by atoms with E-state index in [4.69, 9.17) is 5.73 Å². The highest BCUT2D eigenvalue weighted by atomic mass is 16.1. The number of benzene rings is 1. The highest BCUT2D eigenvalue weighted by molar-refractivity contribution is 5.22. The zero-order valence-corrected chi connectivity index (χ0v) is 9.76. The fraction of sp³-hybridized carbons (Fsp3) is 0.231. The molecule has 1 aromatic carbocycles. The third-order valence-electron chi connectivity index (χ3n) is 2.63. The molecule has 1 heterocycles. The van der Waals surface area contributed by atoms with Gasteiger partial charge in [-0.05, 0) is 18.1 Å². The lowest BCUT2D eigenvalue weighted by Gasteiger charge is -2.06. The molecule has 0 saturated carbocycles. The van der Waals surface area contributed by atoms with E-state index in [0.29, 0.717) is 13.1 Å². The Kier molecular flexibility index (Phi) is 3.35. The van der Waals surface area contributed by atoms with Crippen LogP contribution in [-0.4, -0.2) is 9.55 Å². The molecule has 0 fully saturated rings. The van der Waals surface area contributed by atoms with E-state index in [9.17, 15) is 4.79 Å². The number of hydrogen-bond donors (Lipinski definition) is 1. The number of aromatic nitrogens is 2. The van der Waals surface area contributed by atoms with E-state index in [1.54, 1.807) is 10.9 Å². The summed E-state index contributed by atoms with van der Waals surface area (Å²) in [5, 5.41) is 0. The fourth-order valence-electron chi connectivity index (χ4n) is 1.61. The number of nitrogens with zero attached hydrogens (tertiary/aromatic N) is 2. The second kappa shape index (κ2) is 4.93. The first-order valence-electron chi connectivity index (χ1n) is 5.50. The van der Waals surface area contributed by atoms with Crippen molar-refractivity contribution in [3.05, 3.63) is 63.8 Å². The molecule has 0 aliphatic carbocycles. The Hall–Kier alpha value is -1.94. The van der Waals surface area contributed by atoms with Crippen molar-refractivity contribution in [1.82, 2.24) is 9.55 Å². The lowest BCUT2D eigenvalue weighted by atomic mass is 10.1. The van der Waals surface area contributed by atoms with Gasteiger partial charge in [-0.3, -0.25) is 9.36 Å². The van der Waals surface area contributed by atoms with Crippen LogP contribution in [0.4, 0.5) is 0 Å². The maximum absolute atomic E-state index is 11.7. The molecule has 2 rings (SSSR count). The summed E-state index contributed by atoms with van der Waals surface area (Å²) in [5.74, 6) is 0. The summed E-state index contributed by atoms with van der Waals surface area (Å²) in [6, 6.07) is 9.45. The number of hydrogen-bond acceptors (Lipinski definition) is 3. The zero-order valence-electron chi connectivity index (χ0n) is 9.76. The molecular formula is C13H15N3O. The highest BCUT2D eigenvalue weighted by Gasteiger charge is 1.99. The molecule has 0 radical (unpaired) electrons. The maximum Gasteiger partial charge on any atom is 0.253 e. The van der Waals surface area contributed by atoms with Gasteiger partial charge in [-0.15, -0.1) is 0 Å². The van der Waals surface area contributed by atoms with Crippen LogP contribution in [0.3, 0.4) is 0 Å². The van der Waals surface area contributed by atoms with Gasteiger partial charge >= 0.3 is 0 Å². The van der Waals surface area contributed by atoms with E-state index in [1.807, 2.05) is 31.2 Å². The molecule has 0 bridgehead atoms. The molecule has 0 unspecified atom stereocenters. The predicted octanol–water partition coefficient (Wildman–Crippen LogP) is 1.06. The first-order chi connectivity index (χ1) is 8.19. The monoisotopic (exact) mass is 229 g/mol. The normalized spacial score (nSPS) is 10.5. The summed E-state index contributed by atoms with van der Waals surface area (Å²) < 4.78 is 1.59. The van der Waals surface area contributed by atoms with E-state index < -0.39 is 0 Å². The van der Waals surface area contributed by atoms with Crippen molar-refractivity contribution < 1.29 is 0 Å². The third-order valence-corrected chi connectivity index (χ3v) is 2.63. The molecule has 2 aromatic rings. The molecule has 0 amide bonds. The van der Waals surface area contributed by atoms with Crippen molar-refractivity contribution in [2.24, 2.45) is 5.73 Å². The van der Waals surface area contributed by atoms with Crippen molar-refractivity contribution in [3.63, 3.8) is 0 Å². The lowest BCUT2D eigenvalue weighted by Crippen LogP contribution is -2.20. The molecule has 0 aliphatic heterocycles. The smallest absolute Gasteiger partial charge is 0.253 e. The average molecular weight is 229 g/mol. The summed E-state index contributed by atoms with van der Waals surface area (Å²) in [6.07, 6.45) is 1.58. The fourth-order valence-corrected chi connectivity index (χ4v) is 1.61. The summed E-state index contributed by atoms with van der Waals surface area (Å²) >= 11 is 0. The third kappa shape index (κ3) is 2.79. The minimum absolute atomic E-state index is 0.0274. The molecule has 88 valence electrons. The molecule has 0 aliphatic rings. The van der Waals surface area contributed by atoms with Gasteiger partial charge in [-0.2, -0.15) is 0 Å². The van der Waals surface area contributed by atoms with E-state index >= 15 is 0 Å². The molecule has 0 atom stereocenters. The average Bonchev–Trinajstić information content (AvgIpc) is 2.34. The van der Waals surface area contributed by atoms with Crippen molar-refractivity contribution in [2.75, 3.05) is 0 Å². The van der Waals surface area contributed by atoms with E-state index in [1.165, 1.54) is 6.07 Å². The van der Waals surface area contributed by atoms with Crippen LogP contribution in [0.25, 0.3) is 0 Å². The van der Waals surface area contributed by atoms with E-state index in [0.717, 1.165) is 16.8 Å². The Bertz CT molecular complexity index is 558. The van der Waals surface area contributed by atoms with E-state index in [-0.39, 0.29) is 5.56 Å². The molecular weight excluding hydrogens is 214 g/mol. The number of nitrogens with two attached hydrogens (primary N) is 1. The summed E-state index contributed by atoms with van der Waals surface area (Å²) in [4.78, 5) is 15.8. The molecule has 1 aromatic heterocycles. The van der Waals surface area contributed by atoms with Crippen LogP contribution in [0.5, 0.6) is 0 Å². The van der Waals surface area contributed by atoms with Crippen molar-refractivity contribution in [1.29, 1.82) is 0 Å². The van der Waals surface area contributed by atoms with Crippen LogP contribution in [0.1, 0.15) is 16.8 Å². The molecule has 17 heavy (non-hydrogen) atoms. The zero-order chi connectivity index (χ0) is 12.3. The SMILES string of the molecule is Cc1cc(=O)n(Cc2ccc(CN)cc2)cn1. The lowest BCUT2D eigenvalue weighted by molar-refractivity contribution is 0.730. The first-order valence-corrected chi connectivity index (χ1v) is 5.50. The molecule has 2 N–H and O–H groups in total. The van der Waals surface area contributed by atoms with Crippen LogP contribution < -0.4 is 11.3 Å². The number of aryl methyl sites for hydroxylation is 1. The van der Waals surface area contributed by atoms with Gasteiger partial charge in [0.2, 0.25) is 0 Å². The van der Waals surface area contributed by atoms with Crippen LogP contribution >= 0.6 is 0 Å². The van der Waals surface area contributed by atoms with Gasteiger partial charge in [0.1, 0.15) is 0 Å². The van der Waals surface area contributed by atoms with Crippen molar-refractivity contribution >= 4 is 0 Å². The second-order valence-electron chi connectivity index (χ2n) is 4.02. The largest absolute Gasteiger partial charge is 0.326 e. The molecule has 0 spiro atoms. The van der Waals surface area contributed by atoms with Crippen LogP contribution in [-0.2, 0) is 13.1 Å². The van der Waals surface area contributed by atoms with Crippen molar-refractivity contribution in [2.45, 2.75) is 20.0 Å². The summed E-state index contributed by atoms with van der Waals surface area (Å²) in [7, 11) is 0. The Morgan fingerprint density at radius 3 is 2.47 bits per heavy atom. The van der Waals surface area contributed by atoms with Crippen LogP contribution in [0.2, 0.25) is 0 Å².